The van der Waals surface area contributed by atoms with Gasteiger partial charge in [-0.1, -0.05) is 62.1 Å². The monoisotopic (exact) mass is 475 g/mol. The van der Waals surface area contributed by atoms with Gasteiger partial charge in [0.15, 0.2) is 11.9 Å². The third kappa shape index (κ3) is 5.20. The molecule has 3 saturated heterocycles. The average Bonchev–Trinajstić information content (AvgIpc) is 3.12. The Balaban J connectivity index is 1.29. The third-order valence-corrected chi connectivity index (χ3v) is 8.81. The molecule has 4 heterocycles. The number of quaternary nitrogens is 1. The van der Waals surface area contributed by atoms with E-state index in [1.807, 2.05) is 43.3 Å². The largest absolute Gasteiger partial charge is 0.455 e. The molecular weight excluding hydrogens is 436 g/mol. The lowest BCUT2D eigenvalue weighted by Crippen LogP contribution is -2.66. The van der Waals surface area contributed by atoms with Crippen molar-refractivity contribution in [1.82, 2.24) is 4.98 Å². The van der Waals surface area contributed by atoms with E-state index in [0.717, 1.165) is 79.6 Å². The number of Topliss-reactive ketones (excluding diaryl/α,β-unsaturated/α-hetero) is 1. The van der Waals surface area contributed by atoms with E-state index in [0.29, 0.717) is 18.9 Å². The van der Waals surface area contributed by atoms with Crippen molar-refractivity contribution in [3.63, 3.8) is 0 Å². The molecule has 5 heteroatoms. The van der Waals surface area contributed by atoms with Crippen LogP contribution in [0.5, 0.6) is 0 Å². The minimum atomic E-state index is -0.527. The van der Waals surface area contributed by atoms with Crippen molar-refractivity contribution < 1.29 is 18.8 Å². The van der Waals surface area contributed by atoms with E-state index in [2.05, 4.69) is 17.1 Å². The first kappa shape index (κ1) is 24.2. The van der Waals surface area contributed by atoms with Crippen LogP contribution in [0.25, 0.3) is 0 Å². The average molecular weight is 476 g/mol. The molecule has 6 rings (SSSR count). The number of pyridine rings is 1. The van der Waals surface area contributed by atoms with E-state index in [1.54, 1.807) is 0 Å². The standard InChI is InChI=1S/C30H39N2O3/c1-23-10-9-13-26(31-23)20-27(33)21-32-18-14-24(15-19-32)28(22-32)35-29(34)30(16-7-2-3-8-17-30)25-11-5-4-6-12-25/h4-6,9-13,24,28H,2-3,7-8,14-22H2,1H3/q+1/t24?,28-,32?/m0/s1. The number of hydrogen-bond acceptors (Lipinski definition) is 4. The molecule has 1 atom stereocenters. The molecule has 3 aliphatic heterocycles. The molecule has 2 aromatic rings. The second-order valence-electron chi connectivity index (χ2n) is 11.3. The number of ether oxygens (including phenoxy) is 1. The number of carbonyl (C=O) groups is 2. The maximum Gasteiger partial charge on any atom is 0.317 e. The van der Waals surface area contributed by atoms with Gasteiger partial charge < -0.3 is 9.22 Å². The van der Waals surface area contributed by atoms with Gasteiger partial charge in [-0.15, -0.1) is 0 Å². The van der Waals surface area contributed by atoms with Gasteiger partial charge in [0.2, 0.25) is 0 Å². The topological polar surface area (TPSA) is 56.3 Å². The Labute approximate surface area is 209 Å². The second-order valence-corrected chi connectivity index (χ2v) is 11.3. The smallest absolute Gasteiger partial charge is 0.317 e. The van der Waals surface area contributed by atoms with E-state index >= 15 is 0 Å². The number of nitrogens with zero attached hydrogens (tertiary/aromatic N) is 2. The Hall–Kier alpha value is -2.53. The summed E-state index contributed by atoms with van der Waals surface area (Å²) in [6.07, 6.45) is 8.62. The zero-order chi connectivity index (χ0) is 24.3. The number of carbonyl (C=O) groups excluding carboxylic acids is 2. The maximum absolute atomic E-state index is 13.9. The fraction of sp³-hybridized carbons (Fsp3) is 0.567. The zero-order valence-electron chi connectivity index (χ0n) is 21.1. The van der Waals surface area contributed by atoms with Crippen molar-refractivity contribution in [2.75, 3.05) is 26.2 Å². The zero-order valence-corrected chi connectivity index (χ0v) is 21.1. The van der Waals surface area contributed by atoms with Crippen molar-refractivity contribution in [1.29, 1.82) is 0 Å². The number of fused-ring (bicyclic) bond motifs is 3. The fourth-order valence-corrected chi connectivity index (χ4v) is 6.86. The molecule has 4 aliphatic rings. The van der Waals surface area contributed by atoms with Crippen LogP contribution in [0.1, 0.15) is 68.3 Å². The summed E-state index contributed by atoms with van der Waals surface area (Å²) in [5.74, 6) is 0.627. The Kier molecular flexibility index (Phi) is 7.06. The second kappa shape index (κ2) is 10.2. The summed E-state index contributed by atoms with van der Waals surface area (Å²) in [5.41, 5.74) is 2.37. The summed E-state index contributed by atoms with van der Waals surface area (Å²) in [4.78, 5) is 31.5. The number of aryl methyl sites for hydroxylation is 1. The Morgan fingerprint density at radius 2 is 1.69 bits per heavy atom. The first-order valence-electron chi connectivity index (χ1n) is 13.5. The number of ketones is 1. The van der Waals surface area contributed by atoms with Crippen molar-refractivity contribution >= 4 is 11.8 Å². The van der Waals surface area contributed by atoms with Gasteiger partial charge in [0, 0.05) is 30.1 Å². The normalized spacial score (nSPS) is 27.7. The summed E-state index contributed by atoms with van der Waals surface area (Å²) >= 11 is 0. The molecule has 1 saturated carbocycles. The van der Waals surface area contributed by atoms with E-state index < -0.39 is 5.41 Å². The van der Waals surface area contributed by atoms with Gasteiger partial charge in [-0.25, -0.2) is 0 Å². The molecule has 0 radical (unpaired) electrons. The molecule has 1 aromatic heterocycles. The maximum atomic E-state index is 13.9. The minimum absolute atomic E-state index is 0.0298. The predicted molar refractivity (Wildman–Crippen MR) is 136 cm³/mol. The molecule has 4 fully saturated rings. The lowest BCUT2D eigenvalue weighted by molar-refractivity contribution is -0.939. The SMILES string of the molecule is Cc1cccc(CC(=O)C[N+]23CCC(CC2)[C@@H](OC(=O)C2(c4ccccc4)CCCCCC2)C3)n1. The summed E-state index contributed by atoms with van der Waals surface area (Å²) in [5, 5.41) is 0. The minimum Gasteiger partial charge on any atom is -0.455 e. The number of benzene rings is 1. The number of esters is 1. The molecule has 186 valence electrons. The molecular formula is C30H39N2O3+. The van der Waals surface area contributed by atoms with Gasteiger partial charge in [0.1, 0.15) is 13.1 Å². The lowest BCUT2D eigenvalue weighted by atomic mass is 9.74. The van der Waals surface area contributed by atoms with E-state index in [-0.39, 0.29) is 17.9 Å². The molecule has 0 N–H and O–H groups in total. The van der Waals surface area contributed by atoms with Gasteiger partial charge in [-0.2, -0.15) is 0 Å². The van der Waals surface area contributed by atoms with Crippen LogP contribution in [0, 0.1) is 12.8 Å². The summed E-state index contributed by atoms with van der Waals surface area (Å²) in [7, 11) is 0. The first-order valence-corrected chi connectivity index (χ1v) is 13.5. The van der Waals surface area contributed by atoms with Crippen LogP contribution < -0.4 is 0 Å². The van der Waals surface area contributed by atoms with Gasteiger partial charge in [0.25, 0.3) is 0 Å². The van der Waals surface area contributed by atoms with Crippen LogP contribution >= 0.6 is 0 Å². The third-order valence-electron chi connectivity index (χ3n) is 8.81. The molecule has 35 heavy (non-hydrogen) atoms. The number of rotatable bonds is 7. The number of aromatic nitrogens is 1. The van der Waals surface area contributed by atoms with E-state index in [4.69, 9.17) is 4.74 Å². The van der Waals surface area contributed by atoms with Crippen molar-refractivity contribution in [2.24, 2.45) is 5.92 Å². The van der Waals surface area contributed by atoms with Crippen molar-refractivity contribution in [2.45, 2.75) is 76.2 Å². The highest BCUT2D eigenvalue weighted by Crippen LogP contribution is 2.42. The van der Waals surface area contributed by atoms with Crippen LogP contribution in [0.15, 0.2) is 48.5 Å². The molecule has 2 bridgehead atoms. The number of hydrogen-bond donors (Lipinski definition) is 0. The van der Waals surface area contributed by atoms with Crippen molar-refractivity contribution in [3.05, 3.63) is 65.5 Å². The fourth-order valence-electron chi connectivity index (χ4n) is 6.86. The Morgan fingerprint density at radius 3 is 2.37 bits per heavy atom. The summed E-state index contributed by atoms with van der Waals surface area (Å²) < 4.78 is 7.20. The highest BCUT2D eigenvalue weighted by atomic mass is 16.5. The van der Waals surface area contributed by atoms with Crippen LogP contribution in [0.4, 0.5) is 0 Å². The number of piperidine rings is 3. The summed E-state index contributed by atoms with van der Waals surface area (Å²) in [6.45, 7) is 5.26. The molecule has 1 aromatic carbocycles. The van der Waals surface area contributed by atoms with Gasteiger partial charge >= 0.3 is 5.97 Å². The lowest BCUT2D eigenvalue weighted by Gasteiger charge is -2.52. The van der Waals surface area contributed by atoms with Crippen molar-refractivity contribution in [3.8, 4) is 0 Å². The predicted octanol–water partition coefficient (Wildman–Crippen LogP) is 4.95. The van der Waals surface area contributed by atoms with Crippen LogP contribution in [0.2, 0.25) is 0 Å². The molecule has 0 amide bonds. The molecule has 5 nitrogen and oxygen atoms in total. The van der Waals surface area contributed by atoms with Crippen LogP contribution in [0.3, 0.4) is 0 Å². The Morgan fingerprint density at radius 1 is 0.971 bits per heavy atom. The molecule has 1 aliphatic carbocycles. The van der Waals surface area contributed by atoms with E-state index in [9.17, 15) is 9.59 Å². The van der Waals surface area contributed by atoms with Crippen LogP contribution in [-0.2, 0) is 26.2 Å². The quantitative estimate of drug-likeness (QED) is 0.323. The first-order chi connectivity index (χ1) is 17.0. The molecule has 0 spiro atoms. The highest BCUT2D eigenvalue weighted by Gasteiger charge is 2.50. The van der Waals surface area contributed by atoms with Gasteiger partial charge in [0.05, 0.1) is 24.9 Å². The highest BCUT2D eigenvalue weighted by molar-refractivity contribution is 5.83. The van der Waals surface area contributed by atoms with Gasteiger partial charge in [-0.05, 0) is 37.5 Å². The van der Waals surface area contributed by atoms with Gasteiger partial charge in [-0.3, -0.25) is 14.6 Å². The Bertz CT molecular complexity index is 1030. The molecule has 0 unspecified atom stereocenters. The van der Waals surface area contributed by atoms with Crippen LogP contribution in [-0.4, -0.2) is 53.5 Å². The van der Waals surface area contributed by atoms with E-state index in [1.165, 1.54) is 12.8 Å². The summed E-state index contributed by atoms with van der Waals surface area (Å²) in [6, 6.07) is 16.2.